The van der Waals surface area contributed by atoms with Crippen molar-refractivity contribution < 1.29 is 4.79 Å². The molecule has 2 aromatic heterocycles. The maximum absolute atomic E-state index is 12.9. The standard InChI is InChI=1S/C19H18N6O/c1-24-11-13(10-21-24)14-8-15(14)17(26)16(9-20)19-23-22-18(25(19)2)12-6-4-3-5-7-12/h3-7,10-11,14-16H,8H2,1-2H3/t14-,15+,16+/m0/s1. The summed E-state index contributed by atoms with van der Waals surface area (Å²) in [5, 5.41) is 22.1. The van der Waals surface area contributed by atoms with Gasteiger partial charge in [0.25, 0.3) is 0 Å². The van der Waals surface area contributed by atoms with Crippen LogP contribution in [0.2, 0.25) is 0 Å². The molecule has 1 fully saturated rings. The second kappa shape index (κ2) is 6.23. The van der Waals surface area contributed by atoms with Crippen molar-refractivity contribution in [2.24, 2.45) is 20.0 Å². The van der Waals surface area contributed by atoms with E-state index in [1.807, 2.05) is 43.6 Å². The molecule has 1 aliphatic carbocycles. The second-order valence-electron chi connectivity index (χ2n) is 6.67. The minimum atomic E-state index is -0.906. The number of nitriles is 1. The van der Waals surface area contributed by atoms with E-state index in [0.29, 0.717) is 11.6 Å². The summed E-state index contributed by atoms with van der Waals surface area (Å²) in [4.78, 5) is 12.9. The van der Waals surface area contributed by atoms with Gasteiger partial charge in [-0.3, -0.25) is 9.48 Å². The van der Waals surface area contributed by atoms with Crippen molar-refractivity contribution in [2.45, 2.75) is 18.3 Å². The SMILES string of the molecule is Cn1cc([C@@H]2C[C@H]2C(=O)[C@@H](C#N)c2nnc(-c3ccccc3)n2C)cn1. The third kappa shape index (κ3) is 2.69. The lowest BCUT2D eigenvalue weighted by Crippen LogP contribution is -2.17. The third-order valence-corrected chi connectivity index (χ3v) is 4.92. The maximum Gasteiger partial charge on any atom is 0.165 e. The van der Waals surface area contributed by atoms with Gasteiger partial charge in [-0.25, -0.2) is 0 Å². The first-order valence-corrected chi connectivity index (χ1v) is 8.46. The molecule has 0 bridgehead atoms. The van der Waals surface area contributed by atoms with E-state index in [9.17, 15) is 10.1 Å². The van der Waals surface area contributed by atoms with Gasteiger partial charge in [-0.1, -0.05) is 30.3 Å². The Balaban J connectivity index is 1.58. The fourth-order valence-corrected chi connectivity index (χ4v) is 3.40. The lowest BCUT2D eigenvalue weighted by molar-refractivity contribution is -0.120. The topological polar surface area (TPSA) is 89.4 Å². The van der Waals surface area contributed by atoms with Crippen molar-refractivity contribution in [1.29, 1.82) is 5.26 Å². The Morgan fingerprint density at radius 1 is 1.27 bits per heavy atom. The molecule has 1 aliphatic rings. The van der Waals surface area contributed by atoms with Crippen LogP contribution < -0.4 is 0 Å². The molecule has 0 saturated heterocycles. The van der Waals surface area contributed by atoms with Crippen LogP contribution in [0.25, 0.3) is 11.4 Å². The number of benzene rings is 1. The largest absolute Gasteiger partial charge is 0.313 e. The summed E-state index contributed by atoms with van der Waals surface area (Å²) >= 11 is 0. The fraction of sp³-hybridized carbons (Fsp3) is 0.316. The lowest BCUT2D eigenvalue weighted by Gasteiger charge is -2.08. The van der Waals surface area contributed by atoms with E-state index in [0.717, 1.165) is 17.5 Å². The Morgan fingerprint density at radius 3 is 2.69 bits per heavy atom. The molecule has 3 atom stereocenters. The fourth-order valence-electron chi connectivity index (χ4n) is 3.40. The van der Waals surface area contributed by atoms with Crippen LogP contribution in [0.15, 0.2) is 42.7 Å². The summed E-state index contributed by atoms with van der Waals surface area (Å²) in [5.74, 6) is 0.0455. The van der Waals surface area contributed by atoms with Gasteiger partial charge in [-0.2, -0.15) is 10.4 Å². The zero-order chi connectivity index (χ0) is 18.3. The van der Waals surface area contributed by atoms with Gasteiger partial charge >= 0.3 is 0 Å². The summed E-state index contributed by atoms with van der Waals surface area (Å²) < 4.78 is 3.47. The highest BCUT2D eigenvalue weighted by molar-refractivity contribution is 5.92. The van der Waals surface area contributed by atoms with E-state index < -0.39 is 5.92 Å². The molecule has 0 aliphatic heterocycles. The van der Waals surface area contributed by atoms with Crippen LogP contribution in [0.3, 0.4) is 0 Å². The first kappa shape index (κ1) is 16.2. The maximum atomic E-state index is 12.9. The number of hydrogen-bond acceptors (Lipinski definition) is 5. The number of carbonyl (C=O) groups is 1. The Hall–Kier alpha value is -3.27. The molecule has 1 aromatic carbocycles. The molecule has 0 spiro atoms. The zero-order valence-corrected chi connectivity index (χ0v) is 14.6. The number of aromatic nitrogens is 5. The molecule has 0 radical (unpaired) electrons. The Bertz CT molecular complexity index is 997. The average Bonchev–Trinajstić information content (AvgIpc) is 3.21. The van der Waals surface area contributed by atoms with Crippen molar-refractivity contribution in [3.63, 3.8) is 0 Å². The number of carbonyl (C=O) groups excluding carboxylic acids is 1. The quantitative estimate of drug-likeness (QED) is 0.706. The molecule has 0 amide bonds. The molecular formula is C19H18N6O. The molecule has 0 unspecified atom stereocenters. The smallest absolute Gasteiger partial charge is 0.165 e. The summed E-state index contributed by atoms with van der Waals surface area (Å²) in [6.45, 7) is 0. The number of rotatable bonds is 5. The predicted octanol–water partition coefficient (Wildman–Crippen LogP) is 2.20. The van der Waals surface area contributed by atoms with Crippen molar-refractivity contribution in [3.8, 4) is 17.5 Å². The van der Waals surface area contributed by atoms with Crippen molar-refractivity contribution >= 4 is 5.78 Å². The van der Waals surface area contributed by atoms with E-state index in [4.69, 9.17) is 0 Å². The van der Waals surface area contributed by atoms with Gasteiger partial charge in [0.15, 0.2) is 23.3 Å². The van der Waals surface area contributed by atoms with Gasteiger partial charge in [-0.05, 0) is 17.9 Å². The van der Waals surface area contributed by atoms with Crippen LogP contribution in [0.5, 0.6) is 0 Å². The number of nitrogens with zero attached hydrogens (tertiary/aromatic N) is 6. The monoisotopic (exact) mass is 346 g/mol. The minimum Gasteiger partial charge on any atom is -0.313 e. The summed E-state index contributed by atoms with van der Waals surface area (Å²) in [6, 6.07) is 11.7. The van der Waals surface area contributed by atoms with Gasteiger partial charge in [0.1, 0.15) is 0 Å². The van der Waals surface area contributed by atoms with E-state index in [-0.39, 0.29) is 17.6 Å². The van der Waals surface area contributed by atoms with Gasteiger partial charge in [0.2, 0.25) is 0 Å². The van der Waals surface area contributed by atoms with Crippen LogP contribution in [-0.2, 0) is 18.9 Å². The Morgan fingerprint density at radius 2 is 2.04 bits per heavy atom. The Kier molecular flexibility index (Phi) is 3.88. The molecule has 7 heteroatoms. The average molecular weight is 346 g/mol. The van der Waals surface area contributed by atoms with Crippen LogP contribution >= 0.6 is 0 Å². The predicted molar refractivity (Wildman–Crippen MR) is 93.9 cm³/mol. The molecule has 130 valence electrons. The van der Waals surface area contributed by atoms with Gasteiger partial charge in [-0.15, -0.1) is 10.2 Å². The van der Waals surface area contributed by atoms with E-state index in [2.05, 4.69) is 21.4 Å². The van der Waals surface area contributed by atoms with Crippen molar-refractivity contribution in [3.05, 3.63) is 54.1 Å². The van der Waals surface area contributed by atoms with Gasteiger partial charge < -0.3 is 4.57 Å². The van der Waals surface area contributed by atoms with Crippen LogP contribution in [0, 0.1) is 17.2 Å². The van der Waals surface area contributed by atoms with E-state index in [1.165, 1.54) is 0 Å². The summed E-state index contributed by atoms with van der Waals surface area (Å²) in [7, 11) is 3.65. The first-order valence-electron chi connectivity index (χ1n) is 8.46. The van der Waals surface area contributed by atoms with Crippen LogP contribution in [0.4, 0.5) is 0 Å². The van der Waals surface area contributed by atoms with Crippen LogP contribution in [-0.4, -0.2) is 30.3 Å². The third-order valence-electron chi connectivity index (χ3n) is 4.92. The molecular weight excluding hydrogens is 328 g/mol. The van der Waals surface area contributed by atoms with Crippen molar-refractivity contribution in [1.82, 2.24) is 24.5 Å². The molecule has 4 rings (SSSR count). The number of aryl methyl sites for hydroxylation is 1. The van der Waals surface area contributed by atoms with Gasteiger partial charge in [0.05, 0.1) is 12.3 Å². The second-order valence-corrected chi connectivity index (χ2v) is 6.67. The van der Waals surface area contributed by atoms with E-state index in [1.54, 1.807) is 22.5 Å². The molecule has 26 heavy (non-hydrogen) atoms. The molecule has 0 N–H and O–H groups in total. The van der Waals surface area contributed by atoms with Crippen molar-refractivity contribution in [2.75, 3.05) is 0 Å². The summed E-state index contributed by atoms with van der Waals surface area (Å²) in [5.41, 5.74) is 1.95. The highest BCUT2D eigenvalue weighted by atomic mass is 16.1. The summed E-state index contributed by atoms with van der Waals surface area (Å²) in [6.07, 6.45) is 4.47. The Labute approximate surface area is 150 Å². The molecule has 3 aromatic rings. The van der Waals surface area contributed by atoms with Gasteiger partial charge in [0, 0.05) is 31.8 Å². The minimum absolute atomic E-state index is 0.0866. The number of Topliss-reactive ketones (excluding diaryl/α,β-unsaturated/α-hetero) is 1. The molecule has 1 saturated carbocycles. The van der Waals surface area contributed by atoms with Crippen LogP contribution in [0.1, 0.15) is 29.6 Å². The highest BCUT2D eigenvalue weighted by Gasteiger charge is 2.48. The molecule has 2 heterocycles. The number of ketones is 1. The number of hydrogen-bond donors (Lipinski definition) is 0. The first-order chi connectivity index (χ1) is 12.6. The molecule has 7 nitrogen and oxygen atoms in total. The highest BCUT2D eigenvalue weighted by Crippen LogP contribution is 2.49. The van der Waals surface area contributed by atoms with E-state index >= 15 is 0 Å². The zero-order valence-electron chi connectivity index (χ0n) is 14.6. The lowest BCUT2D eigenvalue weighted by atomic mass is 9.99. The normalized spacial score (nSPS) is 19.7.